The SMILES string of the molecule is CC(C)(C)OC(=O)Nc1nc(/C(=N/OC(c2ccccc2)(c2ccccc2)c2ccccc2)C(=O)NC2C(=O)N3C(C(=S)OC(c4ccccc4)c4ccccc4)=C(CCNS(=O)(=O)CCl)CS[C@H]23)cs1. The van der Waals surface area contributed by atoms with Crippen LogP contribution in [0.25, 0.3) is 0 Å². The normalized spacial score (nSPS) is 16.2. The summed E-state index contributed by atoms with van der Waals surface area (Å²) < 4.78 is 39.3. The monoisotopic (exact) mass is 1050 g/mol. The largest absolute Gasteiger partial charge is 0.469 e. The van der Waals surface area contributed by atoms with Crippen LogP contribution in [0, 0.1) is 0 Å². The average Bonchev–Trinajstić information content (AvgIpc) is 3.84. The molecule has 14 nitrogen and oxygen atoms in total. The Balaban J connectivity index is 1.15. The van der Waals surface area contributed by atoms with Crippen LogP contribution in [0.3, 0.4) is 0 Å². The number of oxime groups is 1. The summed E-state index contributed by atoms with van der Waals surface area (Å²) in [6.45, 7) is 5.19. The minimum Gasteiger partial charge on any atom is -0.469 e. The van der Waals surface area contributed by atoms with Gasteiger partial charge in [0.1, 0.15) is 34.0 Å². The zero-order valence-electron chi connectivity index (χ0n) is 38.7. The van der Waals surface area contributed by atoms with Crippen molar-refractivity contribution >= 4 is 90.7 Å². The smallest absolute Gasteiger partial charge is 0.413 e. The number of hydrogen-bond donors (Lipinski definition) is 3. The van der Waals surface area contributed by atoms with Crippen LogP contribution in [0.2, 0.25) is 0 Å². The third-order valence-corrected chi connectivity index (χ3v) is 15.4. The van der Waals surface area contributed by atoms with E-state index in [1.807, 2.05) is 152 Å². The molecule has 1 saturated heterocycles. The van der Waals surface area contributed by atoms with Crippen molar-refractivity contribution in [1.82, 2.24) is 19.9 Å². The molecule has 0 saturated carbocycles. The Bertz CT molecular complexity index is 2900. The van der Waals surface area contributed by atoms with Crippen molar-refractivity contribution in [2.75, 3.05) is 22.8 Å². The van der Waals surface area contributed by atoms with E-state index in [1.54, 1.807) is 26.2 Å². The molecular weight excluding hydrogens is 1000 g/mol. The number of anilines is 1. The fourth-order valence-corrected chi connectivity index (χ4v) is 11.2. The Hall–Kier alpha value is -6.41. The first kappa shape index (κ1) is 51.0. The molecule has 6 aromatic rings. The van der Waals surface area contributed by atoms with Gasteiger partial charge in [0.15, 0.2) is 10.8 Å². The van der Waals surface area contributed by atoms with Crippen LogP contribution in [-0.2, 0) is 39.5 Å². The molecule has 0 bridgehead atoms. The summed E-state index contributed by atoms with van der Waals surface area (Å²) >= 11 is 14.2. The average molecular weight is 1050 g/mol. The number of ether oxygens (including phenoxy) is 2. The van der Waals surface area contributed by atoms with E-state index >= 15 is 0 Å². The van der Waals surface area contributed by atoms with Crippen molar-refractivity contribution in [2.24, 2.45) is 5.16 Å². The molecule has 71 heavy (non-hydrogen) atoms. The number of sulfonamides is 1. The lowest BCUT2D eigenvalue weighted by Gasteiger charge is -2.50. The first-order chi connectivity index (χ1) is 34.2. The lowest BCUT2D eigenvalue weighted by atomic mass is 9.80. The van der Waals surface area contributed by atoms with Gasteiger partial charge in [-0.05, 0) is 56.1 Å². The van der Waals surface area contributed by atoms with Gasteiger partial charge in [0.2, 0.25) is 20.7 Å². The van der Waals surface area contributed by atoms with Crippen molar-refractivity contribution in [1.29, 1.82) is 0 Å². The summed E-state index contributed by atoms with van der Waals surface area (Å²) in [4.78, 5) is 55.3. The topological polar surface area (TPSA) is 178 Å². The van der Waals surface area contributed by atoms with Gasteiger partial charge >= 0.3 is 6.09 Å². The molecule has 8 rings (SSSR count). The summed E-state index contributed by atoms with van der Waals surface area (Å²) in [7, 11) is -3.76. The third-order valence-electron chi connectivity index (χ3n) is 11.2. The number of hydrogen-bond acceptors (Lipinski definition) is 13. The molecule has 2 aliphatic rings. The predicted molar refractivity (Wildman–Crippen MR) is 282 cm³/mol. The number of nitrogens with zero attached hydrogens (tertiary/aromatic N) is 3. The van der Waals surface area contributed by atoms with Crippen LogP contribution in [0.5, 0.6) is 0 Å². The van der Waals surface area contributed by atoms with E-state index in [0.29, 0.717) is 33.7 Å². The summed E-state index contributed by atoms with van der Waals surface area (Å²) in [6.07, 6.45) is -1.22. The predicted octanol–water partition coefficient (Wildman–Crippen LogP) is 9.50. The number of carbonyl (C=O) groups excluding carboxylic acids is 3. The maximum Gasteiger partial charge on any atom is 0.413 e. The number of alkyl halides is 1. The van der Waals surface area contributed by atoms with Crippen LogP contribution >= 0.6 is 46.9 Å². The molecule has 5 aromatic carbocycles. The number of fused-ring (bicyclic) bond motifs is 1. The van der Waals surface area contributed by atoms with Gasteiger partial charge < -0.3 is 19.6 Å². The molecule has 3 N–H and O–H groups in total. The zero-order valence-corrected chi connectivity index (χ0v) is 42.7. The van der Waals surface area contributed by atoms with Crippen LogP contribution in [0.15, 0.2) is 173 Å². The molecule has 2 aliphatic heterocycles. The van der Waals surface area contributed by atoms with E-state index < -0.39 is 61.9 Å². The molecule has 0 aliphatic carbocycles. The number of thiocarbonyl (C=S) groups is 1. The highest BCUT2D eigenvalue weighted by molar-refractivity contribution is 8.00. The maximum atomic E-state index is 14.9. The molecule has 3 heterocycles. The van der Waals surface area contributed by atoms with Crippen LogP contribution in [-0.4, -0.2) is 81.5 Å². The third kappa shape index (κ3) is 11.9. The lowest BCUT2D eigenvalue weighted by molar-refractivity contribution is -0.144. The number of benzene rings is 5. The van der Waals surface area contributed by atoms with E-state index in [-0.39, 0.29) is 34.6 Å². The Kier molecular flexibility index (Phi) is 16.0. The lowest BCUT2D eigenvalue weighted by Crippen LogP contribution is -2.71. The Morgan fingerprint density at radius 3 is 1.87 bits per heavy atom. The number of β-lactam (4-membered cyclic amide) rings is 1. The van der Waals surface area contributed by atoms with Gasteiger partial charge in [0, 0.05) is 34.4 Å². The van der Waals surface area contributed by atoms with Crippen molar-refractivity contribution in [3.63, 3.8) is 0 Å². The first-order valence-electron chi connectivity index (χ1n) is 22.4. The fourth-order valence-electron chi connectivity index (χ4n) is 8.04. The molecule has 1 fully saturated rings. The number of thioether (sulfide) groups is 1. The molecule has 0 spiro atoms. The molecule has 1 unspecified atom stereocenters. The van der Waals surface area contributed by atoms with E-state index in [1.165, 1.54) is 16.7 Å². The van der Waals surface area contributed by atoms with E-state index in [4.69, 9.17) is 38.1 Å². The van der Waals surface area contributed by atoms with Crippen LogP contribution in [0.1, 0.15) is 66.8 Å². The number of aromatic nitrogens is 1. The van der Waals surface area contributed by atoms with Gasteiger partial charge in [-0.1, -0.05) is 157 Å². The standard InChI is InChI=1S/C52H49ClN6O8S4/c1-51(2,3)66-50(62)57-49-55-40(32-70-49)41(58-67-52(37-23-13-6-14-24-37,38-25-15-7-16-26-38)39-27-17-8-18-28-39)45(60)56-42-46(61)59-43(36(31-69-47(42)59)29-30-54-71(63,64)33-53)48(68)65-44(34-19-9-4-10-20-34)35-21-11-5-12-22-35/h4-28,32,42,44,47,54H,29-31,33H2,1-3H3,(H,56,60)(H,55,57,62)/b58-41-/t42?,47-/m1/s1. The van der Waals surface area contributed by atoms with Crippen molar-refractivity contribution in [3.05, 3.63) is 202 Å². The van der Waals surface area contributed by atoms with Gasteiger partial charge in [-0.25, -0.2) is 22.9 Å². The van der Waals surface area contributed by atoms with Crippen molar-refractivity contribution in [2.45, 2.75) is 55.9 Å². The highest BCUT2D eigenvalue weighted by Crippen LogP contribution is 2.44. The second kappa shape index (κ2) is 22.3. The van der Waals surface area contributed by atoms with E-state index in [9.17, 15) is 22.8 Å². The fraction of sp³-hybridized carbons (Fsp3) is 0.231. The molecule has 1 aromatic heterocycles. The van der Waals surface area contributed by atoms with Crippen LogP contribution < -0.4 is 15.4 Å². The van der Waals surface area contributed by atoms with E-state index in [2.05, 4.69) is 25.5 Å². The van der Waals surface area contributed by atoms with Crippen LogP contribution in [0.4, 0.5) is 9.93 Å². The minimum atomic E-state index is -3.76. The second-order valence-corrected chi connectivity index (χ2v) is 22.0. The number of carbonyl (C=O) groups is 3. The minimum absolute atomic E-state index is 0.0145. The molecule has 19 heteroatoms. The highest BCUT2D eigenvalue weighted by atomic mass is 35.5. The number of nitrogens with one attached hydrogen (secondary N) is 3. The molecule has 2 atom stereocenters. The Labute approximate surface area is 430 Å². The van der Waals surface area contributed by atoms with Gasteiger partial charge in [0.05, 0.1) is 5.70 Å². The van der Waals surface area contributed by atoms with Gasteiger partial charge in [0.25, 0.3) is 11.8 Å². The summed E-state index contributed by atoms with van der Waals surface area (Å²) in [5, 5.41) is 10.6. The van der Waals surface area contributed by atoms with Gasteiger partial charge in [-0.2, -0.15) is 0 Å². The molecule has 0 radical (unpaired) electrons. The summed E-state index contributed by atoms with van der Waals surface area (Å²) in [5.74, 6) is -0.975. The maximum absolute atomic E-state index is 14.9. The summed E-state index contributed by atoms with van der Waals surface area (Å²) in [5.41, 5.74) is 2.31. The number of rotatable bonds is 18. The highest BCUT2D eigenvalue weighted by Gasteiger charge is 2.54. The van der Waals surface area contributed by atoms with Crippen molar-refractivity contribution < 1.29 is 37.1 Å². The number of amides is 3. The first-order valence-corrected chi connectivity index (χ1v) is 26.9. The quantitative estimate of drug-likeness (QED) is 0.0187. The molecule has 3 amide bonds. The van der Waals surface area contributed by atoms with E-state index in [0.717, 1.165) is 22.5 Å². The second-order valence-electron chi connectivity index (χ2n) is 17.3. The Morgan fingerprint density at radius 2 is 1.37 bits per heavy atom. The number of halogens is 1. The molecular formula is C52H49ClN6O8S4. The van der Waals surface area contributed by atoms with Gasteiger partial charge in [-0.3, -0.25) is 19.8 Å². The Morgan fingerprint density at radius 1 is 0.845 bits per heavy atom. The van der Waals surface area contributed by atoms with Crippen molar-refractivity contribution in [3.8, 4) is 0 Å². The zero-order chi connectivity index (χ0) is 50.2. The summed E-state index contributed by atoms with van der Waals surface area (Å²) in [6, 6.07) is 46.3. The molecule has 366 valence electrons. The van der Waals surface area contributed by atoms with Gasteiger partial charge in [-0.15, -0.1) is 34.7 Å². The number of thiazole rings is 1.